The second kappa shape index (κ2) is 11.2. The Morgan fingerprint density at radius 1 is 1.10 bits per heavy atom. The van der Waals surface area contributed by atoms with Gasteiger partial charge < -0.3 is 24.2 Å². The minimum absolute atomic E-state index is 0.00164. The molecule has 0 radical (unpaired) electrons. The third-order valence-electron chi connectivity index (χ3n) is 7.24. The summed E-state index contributed by atoms with van der Waals surface area (Å²) < 4.78 is 75.4. The number of ether oxygens (including phenoxy) is 3. The Morgan fingerprint density at radius 3 is 2.79 bits per heavy atom. The molecule has 2 aromatic heterocycles. The van der Waals surface area contributed by atoms with Crippen LogP contribution in [0.5, 0.6) is 17.2 Å². The summed E-state index contributed by atoms with van der Waals surface area (Å²) >= 11 is 0. The number of nitrogens with one attached hydrogen (secondary N) is 2. The summed E-state index contributed by atoms with van der Waals surface area (Å²) in [6, 6.07) is 10.5. The molecule has 6 rings (SSSR count). The highest BCUT2D eigenvalue weighted by Gasteiger charge is 2.28. The van der Waals surface area contributed by atoms with Gasteiger partial charge in [-0.15, -0.1) is 0 Å². The van der Waals surface area contributed by atoms with Gasteiger partial charge in [0, 0.05) is 41.4 Å². The first-order valence-electron chi connectivity index (χ1n) is 13.4. The van der Waals surface area contributed by atoms with Crippen LogP contribution >= 0.6 is 0 Å². The van der Waals surface area contributed by atoms with E-state index in [1.807, 2.05) is 18.2 Å². The maximum Gasteiger partial charge on any atom is 0.306 e. The van der Waals surface area contributed by atoms with Crippen LogP contribution in [0.3, 0.4) is 0 Å². The van der Waals surface area contributed by atoms with Crippen molar-refractivity contribution in [2.75, 3.05) is 13.2 Å². The van der Waals surface area contributed by atoms with E-state index >= 15 is 0 Å². The highest BCUT2D eigenvalue weighted by Crippen LogP contribution is 2.41. The minimum atomic E-state index is -1.51. The van der Waals surface area contributed by atoms with Crippen molar-refractivity contribution in [3.63, 3.8) is 0 Å². The number of carbonyl (C=O) groups excluding carboxylic acids is 1. The normalized spacial score (nSPS) is 14.5. The van der Waals surface area contributed by atoms with Gasteiger partial charge in [0.2, 0.25) is 11.6 Å². The van der Waals surface area contributed by atoms with E-state index in [4.69, 9.17) is 14.2 Å². The van der Waals surface area contributed by atoms with Crippen molar-refractivity contribution >= 4 is 16.9 Å². The number of aryl methyl sites for hydroxylation is 1. The van der Waals surface area contributed by atoms with Crippen molar-refractivity contribution in [1.82, 2.24) is 15.0 Å². The van der Waals surface area contributed by atoms with E-state index in [2.05, 4.69) is 15.0 Å². The van der Waals surface area contributed by atoms with Crippen molar-refractivity contribution < 1.29 is 36.6 Å². The lowest BCUT2D eigenvalue weighted by atomic mass is 9.88. The van der Waals surface area contributed by atoms with Gasteiger partial charge in [-0.1, -0.05) is 18.2 Å². The SMILES string of the molecule is CCOC(=O)CCc1cccc2c1OCCC2c1cnc(-c2cc(Oc3c(F)c(F)c4[nH]ccc4c3F)ccc2F)[nH]1. The molecular weight excluding hydrogens is 554 g/mol. The molecule has 1 atom stereocenters. The maximum atomic E-state index is 14.9. The molecule has 1 aliphatic rings. The van der Waals surface area contributed by atoms with E-state index in [-0.39, 0.29) is 46.3 Å². The number of halogens is 4. The third kappa shape index (κ3) is 4.95. The Hall–Kier alpha value is -4.80. The fourth-order valence-corrected chi connectivity index (χ4v) is 5.25. The molecule has 11 heteroatoms. The van der Waals surface area contributed by atoms with Crippen LogP contribution in [0.2, 0.25) is 0 Å². The molecule has 3 aromatic carbocycles. The zero-order valence-corrected chi connectivity index (χ0v) is 22.4. The first-order chi connectivity index (χ1) is 20.4. The number of nitrogens with zero attached hydrogens (tertiary/aromatic N) is 1. The topological polar surface area (TPSA) is 89.2 Å². The largest absolute Gasteiger partial charge is 0.493 e. The van der Waals surface area contributed by atoms with Crippen molar-refractivity contribution in [2.45, 2.75) is 32.1 Å². The Bertz CT molecular complexity index is 1800. The van der Waals surface area contributed by atoms with Crippen LogP contribution < -0.4 is 9.47 Å². The number of aromatic amines is 2. The Morgan fingerprint density at radius 2 is 1.95 bits per heavy atom. The number of rotatable bonds is 8. The minimum Gasteiger partial charge on any atom is -0.493 e. The predicted molar refractivity (Wildman–Crippen MR) is 146 cm³/mol. The number of hydrogen-bond donors (Lipinski definition) is 2. The highest BCUT2D eigenvalue weighted by molar-refractivity contribution is 5.82. The fraction of sp³-hybridized carbons (Fsp3) is 0.226. The molecule has 7 nitrogen and oxygen atoms in total. The van der Waals surface area contributed by atoms with Gasteiger partial charge in [0.05, 0.1) is 24.3 Å². The molecule has 2 N–H and O–H groups in total. The molecule has 1 aliphatic heterocycles. The second-order valence-electron chi connectivity index (χ2n) is 9.80. The summed E-state index contributed by atoms with van der Waals surface area (Å²) in [5.74, 6) is -5.12. The molecule has 0 saturated carbocycles. The summed E-state index contributed by atoms with van der Waals surface area (Å²) in [4.78, 5) is 21.9. The number of carbonyl (C=O) groups is 1. The molecule has 3 heterocycles. The zero-order valence-electron chi connectivity index (χ0n) is 22.4. The fourth-order valence-electron chi connectivity index (χ4n) is 5.25. The number of benzene rings is 3. The molecular formula is C31H25F4N3O4. The van der Waals surface area contributed by atoms with Gasteiger partial charge in [-0.3, -0.25) is 4.79 Å². The van der Waals surface area contributed by atoms with Crippen LogP contribution in [0, 0.1) is 23.3 Å². The number of hydrogen-bond acceptors (Lipinski definition) is 5. The van der Waals surface area contributed by atoms with Gasteiger partial charge in [0.15, 0.2) is 11.6 Å². The second-order valence-corrected chi connectivity index (χ2v) is 9.80. The predicted octanol–water partition coefficient (Wildman–Crippen LogP) is 7.32. The summed E-state index contributed by atoms with van der Waals surface area (Å²) in [5.41, 5.74) is 2.18. The molecule has 216 valence electrons. The summed E-state index contributed by atoms with van der Waals surface area (Å²) in [6.07, 6.45) is 4.20. The molecule has 1 unspecified atom stereocenters. The number of esters is 1. The average molecular weight is 580 g/mol. The van der Waals surface area contributed by atoms with Crippen LogP contribution in [0.1, 0.15) is 42.5 Å². The summed E-state index contributed by atoms with van der Waals surface area (Å²) in [5, 5.41) is -0.178. The highest BCUT2D eigenvalue weighted by atomic mass is 19.2. The lowest BCUT2D eigenvalue weighted by Crippen LogP contribution is -2.17. The first-order valence-corrected chi connectivity index (χ1v) is 13.4. The van der Waals surface area contributed by atoms with Gasteiger partial charge in [-0.05, 0) is 49.6 Å². The Labute approximate surface area is 237 Å². The number of imidazole rings is 1. The van der Waals surface area contributed by atoms with E-state index in [1.54, 1.807) is 13.1 Å². The van der Waals surface area contributed by atoms with Crippen molar-refractivity contribution in [3.05, 3.63) is 94.9 Å². The smallest absolute Gasteiger partial charge is 0.306 e. The zero-order chi connectivity index (χ0) is 29.4. The van der Waals surface area contributed by atoms with Gasteiger partial charge in [-0.25, -0.2) is 18.2 Å². The molecule has 42 heavy (non-hydrogen) atoms. The summed E-state index contributed by atoms with van der Waals surface area (Å²) in [6.45, 7) is 2.51. The van der Waals surface area contributed by atoms with Crippen LogP contribution in [0.25, 0.3) is 22.3 Å². The quantitative estimate of drug-likeness (QED) is 0.114. The molecule has 0 amide bonds. The molecule has 0 spiro atoms. The van der Waals surface area contributed by atoms with Crippen molar-refractivity contribution in [1.29, 1.82) is 0 Å². The Balaban J connectivity index is 1.28. The van der Waals surface area contributed by atoms with Gasteiger partial charge in [-0.2, -0.15) is 4.39 Å². The van der Waals surface area contributed by atoms with Gasteiger partial charge in [0.1, 0.15) is 23.1 Å². The first kappa shape index (κ1) is 27.4. The van der Waals surface area contributed by atoms with Crippen LogP contribution in [-0.2, 0) is 16.0 Å². The molecule has 0 aliphatic carbocycles. The maximum absolute atomic E-state index is 14.9. The molecule has 5 aromatic rings. The van der Waals surface area contributed by atoms with Gasteiger partial charge in [0.25, 0.3) is 0 Å². The molecule has 0 fully saturated rings. The van der Waals surface area contributed by atoms with Crippen molar-refractivity contribution in [3.8, 4) is 28.6 Å². The molecule has 0 saturated heterocycles. The average Bonchev–Trinajstić information content (AvgIpc) is 3.69. The van der Waals surface area contributed by atoms with E-state index in [9.17, 15) is 22.4 Å². The van der Waals surface area contributed by atoms with Gasteiger partial charge >= 0.3 is 5.97 Å². The number of para-hydroxylation sites is 1. The number of fused-ring (bicyclic) bond motifs is 2. The number of aromatic nitrogens is 3. The third-order valence-corrected chi connectivity index (χ3v) is 7.24. The van der Waals surface area contributed by atoms with Crippen molar-refractivity contribution in [2.24, 2.45) is 0 Å². The number of H-pyrrole nitrogens is 2. The summed E-state index contributed by atoms with van der Waals surface area (Å²) in [7, 11) is 0. The van der Waals surface area contributed by atoms with Crippen LogP contribution in [-0.4, -0.2) is 34.1 Å². The lowest BCUT2D eigenvalue weighted by Gasteiger charge is -2.27. The lowest BCUT2D eigenvalue weighted by molar-refractivity contribution is -0.143. The van der Waals surface area contributed by atoms with E-state index in [0.717, 1.165) is 17.2 Å². The standard InChI is InChI=1S/C31H25F4N3O4/c1-2-40-24(39)9-6-16-4-3-5-19-18(11-13-41-29(16)19)23-15-37-31(38-23)21-14-17(7-8-22(21)32)42-30-25(33)20-10-12-36-28(20)26(34)27(30)35/h3-5,7-8,10,12,14-15,18,36H,2,6,9,11,13H2,1H3,(H,37,38). The van der Waals surface area contributed by atoms with E-state index < -0.39 is 29.0 Å². The van der Waals surface area contributed by atoms with E-state index in [1.165, 1.54) is 24.4 Å². The van der Waals surface area contributed by atoms with Crippen LogP contribution in [0.15, 0.2) is 54.9 Å². The van der Waals surface area contributed by atoms with E-state index in [0.29, 0.717) is 37.5 Å². The molecule has 0 bridgehead atoms. The Kier molecular flexibility index (Phi) is 7.32. The van der Waals surface area contributed by atoms with Crippen LogP contribution in [0.4, 0.5) is 17.6 Å². The monoisotopic (exact) mass is 579 g/mol.